The van der Waals surface area contributed by atoms with E-state index in [1.807, 2.05) is 0 Å². The van der Waals surface area contributed by atoms with Crippen LogP contribution in [-0.4, -0.2) is 6.85 Å². The summed E-state index contributed by atoms with van der Waals surface area (Å²) in [6.45, 7) is 23.8. The quantitative estimate of drug-likeness (QED) is 0.161. The molecule has 1 aliphatic carbocycles. The highest BCUT2D eigenvalue weighted by atomic mass is 16.4. The Hall–Kier alpha value is -4.70. The number of hydrogen-bond donors (Lipinski definition) is 0. The molecule has 0 radical (unpaired) electrons. The van der Waals surface area contributed by atoms with Crippen LogP contribution in [0.25, 0.3) is 22.1 Å². The van der Waals surface area contributed by atoms with Crippen molar-refractivity contribution in [1.29, 1.82) is 0 Å². The number of anilines is 5. The average Bonchev–Trinajstić information content (AvgIpc) is 3.48. The lowest BCUT2D eigenvalue weighted by Gasteiger charge is -2.50. The van der Waals surface area contributed by atoms with E-state index in [1.54, 1.807) is 0 Å². The second-order valence-electron chi connectivity index (χ2n) is 18.9. The van der Waals surface area contributed by atoms with Crippen molar-refractivity contribution in [3.8, 4) is 11.1 Å². The van der Waals surface area contributed by atoms with E-state index in [9.17, 15) is 0 Å². The number of benzene rings is 5. The van der Waals surface area contributed by atoms with Crippen LogP contribution in [0, 0.1) is 6.92 Å². The third-order valence-corrected chi connectivity index (χ3v) is 13.4. The number of furan rings is 1. The molecule has 3 nitrogen and oxygen atoms in total. The fourth-order valence-corrected chi connectivity index (χ4v) is 10.2. The van der Waals surface area contributed by atoms with E-state index in [1.165, 1.54) is 96.4 Å². The topological polar surface area (TPSA) is 19.6 Å². The Morgan fingerprint density at radius 2 is 1.31 bits per heavy atom. The summed E-state index contributed by atoms with van der Waals surface area (Å²) >= 11 is 0. The molecule has 4 heteroatoms. The van der Waals surface area contributed by atoms with Gasteiger partial charge in [-0.1, -0.05) is 129 Å². The zero-order chi connectivity index (χ0) is 36.3. The first kappa shape index (κ1) is 32.0. The molecule has 260 valence electrons. The summed E-state index contributed by atoms with van der Waals surface area (Å²) in [6.07, 6.45) is 2.37. The summed E-state index contributed by atoms with van der Waals surface area (Å²) in [4.78, 5) is 5.19. The van der Waals surface area contributed by atoms with Crippen LogP contribution in [0.4, 0.5) is 28.6 Å². The molecule has 0 atom stereocenters. The van der Waals surface area contributed by atoms with Crippen LogP contribution in [0.1, 0.15) is 109 Å². The summed E-state index contributed by atoms with van der Waals surface area (Å²) in [5.74, 6) is 0.940. The third kappa shape index (κ3) is 4.04. The molecular weight excluding hydrogens is 631 g/mol. The Kier molecular flexibility index (Phi) is 6.18. The molecule has 0 N–H and O–H groups in total. The van der Waals surface area contributed by atoms with Gasteiger partial charge in [0.25, 0.3) is 0 Å². The molecule has 0 amide bonds. The normalized spacial score (nSPS) is 18.4. The largest absolute Gasteiger partial charge is 0.440 e. The maximum atomic E-state index is 7.19. The molecule has 0 spiro atoms. The number of rotatable bonds is 1. The van der Waals surface area contributed by atoms with E-state index >= 15 is 0 Å². The molecule has 5 aromatic carbocycles. The van der Waals surface area contributed by atoms with Gasteiger partial charge in [-0.15, -0.1) is 0 Å². The molecule has 4 heterocycles. The van der Waals surface area contributed by atoms with Crippen molar-refractivity contribution >= 4 is 57.4 Å². The Balaban J connectivity index is 1.38. The van der Waals surface area contributed by atoms with Gasteiger partial charge in [-0.3, -0.25) is 4.90 Å². The van der Waals surface area contributed by atoms with E-state index in [-0.39, 0.29) is 28.5 Å². The van der Waals surface area contributed by atoms with Crippen molar-refractivity contribution < 1.29 is 4.42 Å². The Labute approximate surface area is 309 Å². The van der Waals surface area contributed by atoms with Crippen LogP contribution in [0.5, 0.6) is 0 Å². The van der Waals surface area contributed by atoms with Crippen molar-refractivity contribution in [2.24, 2.45) is 0 Å². The van der Waals surface area contributed by atoms with E-state index in [2.05, 4.69) is 170 Å². The number of para-hydroxylation sites is 3. The number of hydrogen-bond acceptors (Lipinski definition) is 3. The van der Waals surface area contributed by atoms with Crippen molar-refractivity contribution in [2.45, 2.75) is 104 Å². The summed E-state index contributed by atoms with van der Waals surface area (Å²) < 4.78 is 7.19. The van der Waals surface area contributed by atoms with Crippen molar-refractivity contribution in [2.75, 3.05) is 9.71 Å². The van der Waals surface area contributed by atoms with Gasteiger partial charge in [0.1, 0.15) is 5.58 Å². The second-order valence-corrected chi connectivity index (χ2v) is 18.9. The predicted molar refractivity (Wildman–Crippen MR) is 221 cm³/mol. The van der Waals surface area contributed by atoms with Crippen LogP contribution in [0.2, 0.25) is 0 Å². The molecule has 0 fully saturated rings. The van der Waals surface area contributed by atoms with Gasteiger partial charge >= 0.3 is 6.85 Å². The fourth-order valence-electron chi connectivity index (χ4n) is 10.2. The molecule has 0 bridgehead atoms. The van der Waals surface area contributed by atoms with Crippen LogP contribution < -0.4 is 20.6 Å². The highest BCUT2D eigenvalue weighted by molar-refractivity contribution is 6.95. The summed E-state index contributed by atoms with van der Waals surface area (Å²) in [7, 11) is 0. The number of nitrogens with zero attached hydrogens (tertiary/aromatic N) is 2. The van der Waals surface area contributed by atoms with E-state index in [0.29, 0.717) is 0 Å². The van der Waals surface area contributed by atoms with Gasteiger partial charge in [0.2, 0.25) is 5.88 Å². The minimum absolute atomic E-state index is 0.0599. The van der Waals surface area contributed by atoms with Gasteiger partial charge in [0.15, 0.2) is 0 Å². The second kappa shape index (κ2) is 10.0. The van der Waals surface area contributed by atoms with Gasteiger partial charge in [0, 0.05) is 38.9 Å². The zero-order valence-electron chi connectivity index (χ0n) is 32.5. The highest BCUT2D eigenvalue weighted by Crippen LogP contribution is 2.57. The summed E-state index contributed by atoms with van der Waals surface area (Å²) in [6, 6.07) is 34.9. The molecule has 0 saturated heterocycles. The maximum absolute atomic E-state index is 7.19. The van der Waals surface area contributed by atoms with Crippen molar-refractivity contribution in [3.63, 3.8) is 0 Å². The summed E-state index contributed by atoms with van der Waals surface area (Å²) in [5.41, 5.74) is 19.6. The van der Waals surface area contributed by atoms with E-state index < -0.39 is 0 Å². The van der Waals surface area contributed by atoms with Gasteiger partial charge in [-0.05, 0) is 105 Å². The average molecular weight is 681 g/mol. The van der Waals surface area contributed by atoms with Crippen molar-refractivity contribution in [1.82, 2.24) is 0 Å². The predicted octanol–water partition coefficient (Wildman–Crippen LogP) is 11.7. The van der Waals surface area contributed by atoms with Gasteiger partial charge in [-0.25, -0.2) is 0 Å². The van der Waals surface area contributed by atoms with Crippen LogP contribution >= 0.6 is 0 Å². The number of aryl methyl sites for hydroxylation is 1. The molecule has 10 rings (SSSR count). The molecule has 6 aromatic rings. The minimum atomic E-state index is -0.150. The molecule has 1 aromatic heterocycles. The summed E-state index contributed by atoms with van der Waals surface area (Å²) in [5, 5.41) is 1.18. The molecule has 3 aliphatic heterocycles. The first-order valence-corrected chi connectivity index (χ1v) is 19.3. The van der Waals surface area contributed by atoms with Crippen LogP contribution in [-0.2, 0) is 21.7 Å². The molecular formula is C48H49BN2O. The SMILES string of the molecule is Cc1cc2c(cc1N1c3cc(C(C)(C)C)cc4c3B(c3c1oc1ccccc31)N1c3ccccc3C(C)(C)c3cccc-4c31)C(C)(C)CCC2(C)C. The first-order chi connectivity index (χ1) is 24.6. The van der Waals surface area contributed by atoms with Gasteiger partial charge in [-0.2, -0.15) is 0 Å². The zero-order valence-corrected chi connectivity index (χ0v) is 32.5. The standard InChI is InChI=1S/C48H49BN2O/c1-28-24-35-36(47(7,8)23-22-46(35,5)6)27-38(28)50-39-26-29(45(2,3)4)25-32-30-17-15-19-34-43(30)51(37-20-13-12-18-33(37)48(34,9)10)49(41(32)39)42-31-16-11-14-21-40(31)52-44(42)50/h11-21,24-27H,22-23H2,1-10H3. The van der Waals surface area contributed by atoms with Gasteiger partial charge < -0.3 is 9.23 Å². The molecule has 4 aliphatic rings. The Morgan fingerprint density at radius 1 is 0.635 bits per heavy atom. The maximum Gasteiger partial charge on any atom is 0.337 e. The lowest BCUT2D eigenvalue weighted by atomic mass is 9.42. The Bertz CT molecular complexity index is 2520. The monoisotopic (exact) mass is 680 g/mol. The highest BCUT2D eigenvalue weighted by Gasteiger charge is 2.52. The first-order valence-electron chi connectivity index (χ1n) is 19.3. The smallest absolute Gasteiger partial charge is 0.337 e. The minimum Gasteiger partial charge on any atom is -0.440 e. The molecule has 0 unspecified atom stereocenters. The van der Waals surface area contributed by atoms with Crippen LogP contribution in [0.15, 0.2) is 95.4 Å². The van der Waals surface area contributed by atoms with Crippen LogP contribution in [0.3, 0.4) is 0 Å². The molecule has 52 heavy (non-hydrogen) atoms. The van der Waals surface area contributed by atoms with Crippen molar-refractivity contribution in [3.05, 3.63) is 124 Å². The number of fused-ring (bicyclic) bond motifs is 9. The third-order valence-electron chi connectivity index (χ3n) is 13.4. The fraction of sp³-hybridized carbons (Fsp3) is 0.333. The van der Waals surface area contributed by atoms with E-state index in [4.69, 9.17) is 4.42 Å². The Morgan fingerprint density at radius 3 is 2.06 bits per heavy atom. The van der Waals surface area contributed by atoms with E-state index in [0.717, 1.165) is 11.5 Å². The van der Waals surface area contributed by atoms with Gasteiger partial charge in [0.05, 0.1) is 5.69 Å². The lowest BCUT2D eigenvalue weighted by Crippen LogP contribution is -2.62. The lowest BCUT2D eigenvalue weighted by molar-refractivity contribution is 0.332. The molecule has 0 saturated carbocycles.